The Hall–Kier alpha value is -1.26. The lowest BCUT2D eigenvalue weighted by atomic mass is 10.2. The molecule has 1 N–H and O–H groups in total. The maximum Gasteiger partial charge on any atom is 0.142 e. The molecule has 0 fully saturated rings. The van der Waals surface area contributed by atoms with E-state index < -0.39 is 0 Å². The summed E-state index contributed by atoms with van der Waals surface area (Å²) in [5, 5.41) is 6.53. The van der Waals surface area contributed by atoms with Gasteiger partial charge in [-0.1, -0.05) is 25.8 Å². The second-order valence-corrected chi connectivity index (χ2v) is 5.10. The summed E-state index contributed by atoms with van der Waals surface area (Å²) in [6, 6.07) is 5.91. The van der Waals surface area contributed by atoms with Gasteiger partial charge in [-0.2, -0.15) is 0 Å². The third-order valence-electron chi connectivity index (χ3n) is 2.70. The van der Waals surface area contributed by atoms with Gasteiger partial charge in [-0.25, -0.2) is 4.98 Å². The van der Waals surface area contributed by atoms with Gasteiger partial charge in [-0.3, -0.25) is 4.98 Å². The third-order valence-corrected chi connectivity index (χ3v) is 3.61. The van der Waals surface area contributed by atoms with Gasteiger partial charge in [-0.05, 0) is 25.1 Å². The van der Waals surface area contributed by atoms with E-state index in [1.165, 1.54) is 19.3 Å². The van der Waals surface area contributed by atoms with Crippen molar-refractivity contribution >= 4 is 11.3 Å². The fourth-order valence-electron chi connectivity index (χ4n) is 1.71. The Kier molecular flexibility index (Phi) is 5.30. The van der Waals surface area contributed by atoms with Gasteiger partial charge in [0.15, 0.2) is 0 Å². The first kappa shape index (κ1) is 13.2. The predicted octanol–water partition coefficient (Wildman–Crippen LogP) is 3.48. The molecular weight excluding hydrogens is 242 g/mol. The van der Waals surface area contributed by atoms with Crippen molar-refractivity contribution in [1.29, 1.82) is 0 Å². The van der Waals surface area contributed by atoms with Crippen LogP contribution in [0.15, 0.2) is 29.8 Å². The summed E-state index contributed by atoms with van der Waals surface area (Å²) in [5.74, 6) is 0. The van der Waals surface area contributed by atoms with Gasteiger partial charge in [0.1, 0.15) is 5.01 Å². The fourth-order valence-corrected chi connectivity index (χ4v) is 2.51. The Bertz CT molecular complexity index is 453. The molecule has 18 heavy (non-hydrogen) atoms. The molecule has 0 atom stereocenters. The van der Waals surface area contributed by atoms with Crippen LogP contribution in [0, 0.1) is 0 Å². The van der Waals surface area contributed by atoms with Crippen LogP contribution in [0.1, 0.15) is 31.9 Å². The highest BCUT2D eigenvalue weighted by Crippen LogP contribution is 2.21. The van der Waals surface area contributed by atoms with E-state index in [2.05, 4.69) is 27.6 Å². The van der Waals surface area contributed by atoms with Crippen LogP contribution in [0.4, 0.5) is 0 Å². The highest BCUT2D eigenvalue weighted by atomic mass is 32.1. The van der Waals surface area contributed by atoms with Gasteiger partial charge in [0, 0.05) is 18.1 Å². The second kappa shape index (κ2) is 7.24. The minimum atomic E-state index is 0.854. The average Bonchev–Trinajstić information content (AvgIpc) is 2.88. The van der Waals surface area contributed by atoms with Crippen molar-refractivity contribution in [3.8, 4) is 10.7 Å². The van der Waals surface area contributed by atoms with Crippen LogP contribution in [-0.4, -0.2) is 16.5 Å². The summed E-state index contributed by atoms with van der Waals surface area (Å²) in [4.78, 5) is 8.90. The summed E-state index contributed by atoms with van der Waals surface area (Å²) < 4.78 is 0. The zero-order chi connectivity index (χ0) is 12.6. The maximum absolute atomic E-state index is 4.59. The van der Waals surface area contributed by atoms with Gasteiger partial charge >= 0.3 is 0 Å². The average molecular weight is 261 g/mol. The van der Waals surface area contributed by atoms with Crippen molar-refractivity contribution in [2.75, 3.05) is 6.54 Å². The van der Waals surface area contributed by atoms with E-state index in [9.17, 15) is 0 Å². The first-order valence-electron chi connectivity index (χ1n) is 6.46. The van der Waals surface area contributed by atoms with Crippen molar-refractivity contribution in [1.82, 2.24) is 15.3 Å². The molecule has 0 aliphatic carbocycles. The Labute approximate surface area is 112 Å². The molecule has 0 amide bonds. The lowest BCUT2D eigenvalue weighted by molar-refractivity contribution is 0.612. The first-order chi connectivity index (χ1) is 8.90. The van der Waals surface area contributed by atoms with Crippen LogP contribution in [-0.2, 0) is 6.54 Å². The van der Waals surface area contributed by atoms with Gasteiger partial charge < -0.3 is 5.32 Å². The third kappa shape index (κ3) is 3.89. The van der Waals surface area contributed by atoms with Crippen LogP contribution in [0.25, 0.3) is 10.7 Å². The van der Waals surface area contributed by atoms with Crippen molar-refractivity contribution in [3.05, 3.63) is 35.5 Å². The molecule has 0 saturated carbocycles. The number of nitrogens with one attached hydrogen (secondary N) is 1. The summed E-state index contributed by atoms with van der Waals surface area (Å²) >= 11 is 1.66. The molecule has 2 aromatic heterocycles. The van der Waals surface area contributed by atoms with Crippen LogP contribution in [0.3, 0.4) is 0 Å². The van der Waals surface area contributed by atoms with E-state index in [0.717, 1.165) is 29.5 Å². The van der Waals surface area contributed by atoms with Gasteiger partial charge in [-0.15, -0.1) is 11.3 Å². The Balaban J connectivity index is 1.83. The van der Waals surface area contributed by atoms with Crippen molar-refractivity contribution in [3.63, 3.8) is 0 Å². The summed E-state index contributed by atoms with van der Waals surface area (Å²) in [6.07, 6.45) is 5.61. The Morgan fingerprint density at radius 2 is 2.22 bits per heavy atom. The quantitative estimate of drug-likeness (QED) is 0.775. The van der Waals surface area contributed by atoms with Crippen LogP contribution in [0.5, 0.6) is 0 Å². The molecule has 2 aromatic rings. The molecule has 4 heteroatoms. The lowest BCUT2D eigenvalue weighted by Crippen LogP contribution is -2.14. The van der Waals surface area contributed by atoms with E-state index in [0.29, 0.717) is 0 Å². The lowest BCUT2D eigenvalue weighted by Gasteiger charge is -2.01. The van der Waals surface area contributed by atoms with E-state index in [1.54, 1.807) is 17.5 Å². The van der Waals surface area contributed by atoms with Crippen molar-refractivity contribution in [2.45, 2.75) is 32.7 Å². The number of nitrogens with zero attached hydrogens (tertiary/aromatic N) is 2. The van der Waals surface area contributed by atoms with E-state index in [4.69, 9.17) is 0 Å². The zero-order valence-electron chi connectivity index (χ0n) is 10.7. The number of aromatic nitrogens is 2. The minimum absolute atomic E-state index is 0.854. The zero-order valence-corrected chi connectivity index (χ0v) is 11.5. The molecule has 0 bridgehead atoms. The molecule has 0 aromatic carbocycles. The monoisotopic (exact) mass is 261 g/mol. The maximum atomic E-state index is 4.59. The van der Waals surface area contributed by atoms with Gasteiger partial charge in [0.25, 0.3) is 0 Å². The number of pyridine rings is 1. The van der Waals surface area contributed by atoms with Crippen LogP contribution in [0.2, 0.25) is 0 Å². The van der Waals surface area contributed by atoms with Crippen molar-refractivity contribution < 1.29 is 0 Å². The molecular formula is C14H19N3S. The molecule has 2 rings (SSSR count). The molecule has 0 unspecified atom stereocenters. The molecule has 0 aliphatic rings. The summed E-state index contributed by atoms with van der Waals surface area (Å²) in [5.41, 5.74) is 2.07. The summed E-state index contributed by atoms with van der Waals surface area (Å²) in [6.45, 7) is 4.15. The molecule has 2 heterocycles. The molecule has 0 radical (unpaired) electrons. The van der Waals surface area contributed by atoms with Crippen LogP contribution < -0.4 is 5.32 Å². The van der Waals surface area contributed by atoms with E-state index in [-0.39, 0.29) is 0 Å². The van der Waals surface area contributed by atoms with Gasteiger partial charge in [0.05, 0.1) is 11.4 Å². The van der Waals surface area contributed by atoms with Crippen LogP contribution >= 0.6 is 11.3 Å². The minimum Gasteiger partial charge on any atom is -0.311 e. The molecule has 0 aliphatic heterocycles. The molecule has 0 spiro atoms. The summed E-state index contributed by atoms with van der Waals surface area (Å²) in [7, 11) is 0. The number of thiazole rings is 1. The normalized spacial score (nSPS) is 10.7. The largest absolute Gasteiger partial charge is 0.311 e. The Morgan fingerprint density at radius 1 is 1.28 bits per heavy atom. The smallest absolute Gasteiger partial charge is 0.142 e. The van der Waals surface area contributed by atoms with E-state index in [1.807, 2.05) is 18.2 Å². The number of hydrogen-bond acceptors (Lipinski definition) is 4. The molecule has 3 nitrogen and oxygen atoms in total. The first-order valence-corrected chi connectivity index (χ1v) is 7.34. The highest BCUT2D eigenvalue weighted by molar-refractivity contribution is 7.13. The van der Waals surface area contributed by atoms with Gasteiger partial charge in [0.2, 0.25) is 0 Å². The van der Waals surface area contributed by atoms with Crippen molar-refractivity contribution in [2.24, 2.45) is 0 Å². The molecule has 0 saturated heterocycles. The fraction of sp³-hybridized carbons (Fsp3) is 0.429. The molecule has 96 valence electrons. The Morgan fingerprint density at radius 3 is 3.00 bits per heavy atom. The predicted molar refractivity (Wildman–Crippen MR) is 76.6 cm³/mol. The number of rotatable bonds is 7. The number of hydrogen-bond donors (Lipinski definition) is 1. The highest BCUT2D eigenvalue weighted by Gasteiger charge is 2.04. The topological polar surface area (TPSA) is 37.8 Å². The standard InChI is InChI=1S/C14H19N3S/c1-2-3-5-8-15-10-12-11-18-14(17-12)13-7-4-6-9-16-13/h4,6-7,9,11,15H,2-3,5,8,10H2,1H3. The second-order valence-electron chi connectivity index (χ2n) is 4.24. The number of unbranched alkanes of at least 4 members (excludes halogenated alkanes) is 2. The SMILES string of the molecule is CCCCCNCc1csc(-c2ccccn2)n1. The van der Waals surface area contributed by atoms with E-state index >= 15 is 0 Å².